The summed E-state index contributed by atoms with van der Waals surface area (Å²) in [5, 5.41) is 11.9. The molecule has 186 valence electrons. The number of hydrogen-bond acceptors (Lipinski definition) is 6. The van der Waals surface area contributed by atoms with Gasteiger partial charge in [-0.05, 0) is 69.9 Å². The van der Waals surface area contributed by atoms with Gasteiger partial charge in [-0.25, -0.2) is 9.59 Å². The first kappa shape index (κ1) is 26.0. The molecule has 2 aliphatic rings. The Bertz CT molecular complexity index is 975. The summed E-state index contributed by atoms with van der Waals surface area (Å²) in [5.74, 6) is -0.602. The zero-order valence-electron chi connectivity index (χ0n) is 21.4. The molecule has 2 aliphatic carbocycles. The molecule has 0 amide bonds. The Hall–Kier alpha value is -2.60. The van der Waals surface area contributed by atoms with Gasteiger partial charge in [-0.15, -0.1) is 0 Å². The summed E-state index contributed by atoms with van der Waals surface area (Å²) < 4.78 is 17.3. The quantitative estimate of drug-likeness (QED) is 0.347. The third-order valence-electron chi connectivity index (χ3n) is 7.87. The highest BCUT2D eigenvalue weighted by Crippen LogP contribution is 2.58. The highest BCUT2D eigenvalue weighted by atomic mass is 16.6. The standard InChI is InChI=1S/C28H38O6/c1-8-19(5)25(29)33-22-15-18(4)16-23(27(6)13-14-28(31,17(2)3)24(22)27)34-26(30)20-9-11-21(32-7)12-10-20/h8-12,16-17,22-24,31H,13-15H2,1-7H3/b19-8+/t22-,23+,24+,27+,28+/m0/s1. The molecule has 3 rings (SSSR count). The molecule has 6 heteroatoms. The molecule has 6 nitrogen and oxygen atoms in total. The maximum atomic E-state index is 13.1. The van der Waals surface area contributed by atoms with Crippen molar-refractivity contribution in [3.8, 4) is 5.75 Å². The summed E-state index contributed by atoms with van der Waals surface area (Å²) in [6.07, 6.45) is 4.28. The van der Waals surface area contributed by atoms with E-state index in [0.29, 0.717) is 36.1 Å². The minimum absolute atomic E-state index is 0.0558. The van der Waals surface area contributed by atoms with Crippen molar-refractivity contribution in [2.75, 3.05) is 7.11 Å². The SMILES string of the molecule is C/C=C(\C)C(=O)O[C@H]1CC(C)=C[C@@H](OC(=O)c2ccc(OC)cc2)[C@@]2(C)CC[C@@](O)(C(C)C)[C@H]12. The highest BCUT2D eigenvalue weighted by Gasteiger charge is 2.63. The lowest BCUT2D eigenvalue weighted by molar-refractivity contribution is -0.166. The lowest BCUT2D eigenvalue weighted by atomic mass is 9.66. The molecular formula is C28H38O6. The second kappa shape index (κ2) is 9.95. The minimum atomic E-state index is -1.05. The number of rotatable bonds is 6. The molecule has 1 fully saturated rings. The first-order chi connectivity index (χ1) is 16.0. The molecule has 1 aromatic carbocycles. The monoisotopic (exact) mass is 470 g/mol. The van der Waals surface area contributed by atoms with E-state index in [4.69, 9.17) is 14.2 Å². The zero-order valence-corrected chi connectivity index (χ0v) is 21.4. The Labute approximate surface area is 203 Å². The zero-order chi connectivity index (χ0) is 25.3. The Morgan fingerprint density at radius 1 is 1.15 bits per heavy atom. The minimum Gasteiger partial charge on any atom is -0.497 e. The summed E-state index contributed by atoms with van der Waals surface area (Å²) >= 11 is 0. The third kappa shape index (κ3) is 4.78. The van der Waals surface area contributed by atoms with E-state index in [1.807, 2.05) is 33.8 Å². The van der Waals surface area contributed by atoms with Gasteiger partial charge in [0.2, 0.25) is 0 Å². The Kier molecular flexibility index (Phi) is 7.61. The molecule has 1 saturated carbocycles. The second-order valence-electron chi connectivity index (χ2n) is 10.3. The number of ether oxygens (including phenoxy) is 3. The van der Waals surface area contributed by atoms with Gasteiger partial charge in [-0.1, -0.05) is 32.4 Å². The van der Waals surface area contributed by atoms with Crippen LogP contribution in [0.3, 0.4) is 0 Å². The number of fused-ring (bicyclic) bond motifs is 1. The average Bonchev–Trinajstić information content (AvgIpc) is 3.04. The van der Waals surface area contributed by atoms with Crippen LogP contribution in [0.4, 0.5) is 0 Å². The van der Waals surface area contributed by atoms with Gasteiger partial charge in [0, 0.05) is 23.3 Å². The molecule has 0 aliphatic heterocycles. The van der Waals surface area contributed by atoms with Crippen molar-refractivity contribution in [1.29, 1.82) is 0 Å². The van der Waals surface area contributed by atoms with Gasteiger partial charge in [-0.3, -0.25) is 0 Å². The van der Waals surface area contributed by atoms with Crippen LogP contribution in [-0.4, -0.2) is 42.0 Å². The molecule has 5 atom stereocenters. The van der Waals surface area contributed by atoms with Crippen LogP contribution in [0.25, 0.3) is 0 Å². The van der Waals surface area contributed by atoms with Crippen LogP contribution in [0.5, 0.6) is 5.75 Å². The number of aliphatic hydroxyl groups is 1. The number of esters is 2. The van der Waals surface area contributed by atoms with Crippen molar-refractivity contribution in [2.24, 2.45) is 17.3 Å². The lowest BCUT2D eigenvalue weighted by Gasteiger charge is -2.45. The van der Waals surface area contributed by atoms with Crippen LogP contribution >= 0.6 is 0 Å². The third-order valence-corrected chi connectivity index (χ3v) is 7.87. The molecule has 0 heterocycles. The average molecular weight is 471 g/mol. The summed E-state index contributed by atoms with van der Waals surface area (Å²) in [4.78, 5) is 25.8. The molecule has 1 N–H and O–H groups in total. The Morgan fingerprint density at radius 2 is 1.79 bits per heavy atom. The molecule has 0 unspecified atom stereocenters. The van der Waals surface area contributed by atoms with E-state index in [1.54, 1.807) is 51.3 Å². The highest BCUT2D eigenvalue weighted by molar-refractivity contribution is 5.90. The predicted molar refractivity (Wildman–Crippen MR) is 131 cm³/mol. The second-order valence-corrected chi connectivity index (χ2v) is 10.3. The van der Waals surface area contributed by atoms with Gasteiger partial charge < -0.3 is 19.3 Å². The van der Waals surface area contributed by atoms with Gasteiger partial charge in [0.25, 0.3) is 0 Å². The Balaban J connectivity index is 1.99. The van der Waals surface area contributed by atoms with Crippen LogP contribution in [0, 0.1) is 17.3 Å². The molecule has 0 aromatic heterocycles. The molecule has 34 heavy (non-hydrogen) atoms. The summed E-state index contributed by atoms with van der Waals surface area (Å²) in [5.41, 5.74) is 0.270. The van der Waals surface area contributed by atoms with Crippen molar-refractivity contribution < 1.29 is 28.9 Å². The van der Waals surface area contributed by atoms with Crippen molar-refractivity contribution in [3.05, 3.63) is 53.1 Å². The fourth-order valence-corrected chi connectivity index (χ4v) is 5.55. The number of allylic oxidation sites excluding steroid dienone is 1. The van der Waals surface area contributed by atoms with Crippen molar-refractivity contribution >= 4 is 11.9 Å². The van der Waals surface area contributed by atoms with E-state index in [1.165, 1.54) is 0 Å². The maximum Gasteiger partial charge on any atom is 0.338 e. The Morgan fingerprint density at radius 3 is 2.35 bits per heavy atom. The van der Waals surface area contributed by atoms with E-state index >= 15 is 0 Å². The number of carbonyl (C=O) groups excluding carboxylic acids is 2. The van der Waals surface area contributed by atoms with Gasteiger partial charge in [0.15, 0.2) is 0 Å². The number of hydrogen-bond donors (Lipinski definition) is 1. The van der Waals surface area contributed by atoms with Gasteiger partial charge in [0.1, 0.15) is 18.0 Å². The van der Waals surface area contributed by atoms with Crippen molar-refractivity contribution in [1.82, 2.24) is 0 Å². The molecule has 0 saturated heterocycles. The summed E-state index contributed by atoms with van der Waals surface area (Å²) in [6.45, 7) is 11.5. The van der Waals surface area contributed by atoms with Crippen molar-refractivity contribution in [2.45, 2.75) is 78.6 Å². The van der Waals surface area contributed by atoms with Crippen LogP contribution in [-0.2, 0) is 14.3 Å². The van der Waals surface area contributed by atoms with Gasteiger partial charge in [0.05, 0.1) is 18.3 Å². The lowest BCUT2D eigenvalue weighted by Crippen LogP contribution is -2.53. The first-order valence-corrected chi connectivity index (χ1v) is 12.0. The van der Waals surface area contributed by atoms with Gasteiger partial charge >= 0.3 is 11.9 Å². The van der Waals surface area contributed by atoms with Crippen molar-refractivity contribution in [3.63, 3.8) is 0 Å². The predicted octanol–water partition coefficient (Wildman–Crippen LogP) is 5.25. The normalized spacial score (nSPS) is 31.4. The number of carbonyl (C=O) groups is 2. The molecule has 1 aromatic rings. The smallest absolute Gasteiger partial charge is 0.338 e. The number of benzene rings is 1. The van der Waals surface area contributed by atoms with Crippen LogP contribution in [0.2, 0.25) is 0 Å². The summed E-state index contributed by atoms with van der Waals surface area (Å²) in [7, 11) is 1.57. The van der Waals surface area contributed by atoms with Crippen LogP contribution < -0.4 is 4.74 Å². The van der Waals surface area contributed by atoms with Gasteiger partial charge in [-0.2, -0.15) is 0 Å². The van der Waals surface area contributed by atoms with Crippen LogP contribution in [0.15, 0.2) is 47.6 Å². The largest absolute Gasteiger partial charge is 0.497 e. The molecular weight excluding hydrogens is 432 g/mol. The fourth-order valence-electron chi connectivity index (χ4n) is 5.55. The van der Waals surface area contributed by atoms with E-state index in [9.17, 15) is 14.7 Å². The number of methoxy groups -OCH3 is 1. The van der Waals surface area contributed by atoms with E-state index in [-0.39, 0.29) is 11.9 Å². The van der Waals surface area contributed by atoms with E-state index in [2.05, 4.69) is 0 Å². The van der Waals surface area contributed by atoms with E-state index < -0.39 is 35.1 Å². The maximum absolute atomic E-state index is 13.1. The molecule has 0 spiro atoms. The topological polar surface area (TPSA) is 82.1 Å². The molecule has 0 bridgehead atoms. The first-order valence-electron chi connectivity index (χ1n) is 12.0. The van der Waals surface area contributed by atoms with Crippen LogP contribution in [0.1, 0.15) is 71.2 Å². The fraction of sp³-hybridized carbons (Fsp3) is 0.571. The summed E-state index contributed by atoms with van der Waals surface area (Å²) in [6, 6.07) is 6.80. The molecule has 0 radical (unpaired) electrons. The van der Waals surface area contributed by atoms with E-state index in [0.717, 1.165) is 5.57 Å².